The third-order valence-electron chi connectivity index (χ3n) is 3.78. The molecule has 8 nitrogen and oxygen atoms in total. The van der Waals surface area contributed by atoms with Crippen LogP contribution in [0.3, 0.4) is 0 Å². The number of hydrogen-bond acceptors (Lipinski definition) is 8. The van der Waals surface area contributed by atoms with Crippen LogP contribution in [0.4, 0.5) is 10.2 Å². The minimum absolute atomic E-state index is 0.170. The highest BCUT2D eigenvalue weighted by Gasteiger charge is 2.55. The lowest BCUT2D eigenvalue weighted by Gasteiger charge is -2.23. The number of anilines is 1. The lowest BCUT2D eigenvalue weighted by atomic mass is 9.93. The molecule has 0 aliphatic carbocycles. The molecular formula is C12H16FN5O3S. The van der Waals surface area contributed by atoms with Crippen LogP contribution in [0.1, 0.15) is 18.7 Å². The molecule has 1 aliphatic heterocycles. The number of aliphatic hydroxyl groups excluding tert-OH is 2. The number of alkyl halides is 1. The van der Waals surface area contributed by atoms with Gasteiger partial charge in [-0.15, -0.1) is 5.10 Å². The molecule has 1 saturated heterocycles. The molecule has 0 saturated carbocycles. The summed E-state index contributed by atoms with van der Waals surface area (Å²) in [5.41, 5.74) is 4.32. The van der Waals surface area contributed by atoms with E-state index in [1.807, 2.05) is 0 Å². The molecule has 1 fully saturated rings. The van der Waals surface area contributed by atoms with E-state index >= 15 is 0 Å². The number of hydrogen-bond donors (Lipinski definition) is 3. The first-order valence-electron chi connectivity index (χ1n) is 6.58. The van der Waals surface area contributed by atoms with E-state index in [0.29, 0.717) is 10.9 Å². The van der Waals surface area contributed by atoms with Crippen LogP contribution in [0.2, 0.25) is 0 Å². The van der Waals surface area contributed by atoms with E-state index in [4.69, 9.17) is 10.5 Å². The van der Waals surface area contributed by atoms with Crippen LogP contribution >= 0.6 is 11.8 Å². The molecule has 3 heterocycles. The molecular weight excluding hydrogens is 313 g/mol. The SMILES string of the molecule is CSc1nc(N)c2ncc(C3OC(CO)C(O)C3(C)F)n2n1. The monoisotopic (exact) mass is 329 g/mol. The fourth-order valence-electron chi connectivity index (χ4n) is 2.57. The average Bonchev–Trinajstić information content (AvgIpc) is 3.00. The summed E-state index contributed by atoms with van der Waals surface area (Å²) in [5.74, 6) is 0.170. The largest absolute Gasteiger partial charge is 0.394 e. The molecule has 10 heteroatoms. The van der Waals surface area contributed by atoms with Crippen molar-refractivity contribution in [1.82, 2.24) is 19.6 Å². The molecule has 4 unspecified atom stereocenters. The zero-order chi connectivity index (χ0) is 16.1. The summed E-state index contributed by atoms with van der Waals surface area (Å²) in [4.78, 5) is 8.16. The van der Waals surface area contributed by atoms with E-state index in [1.165, 1.54) is 29.4 Å². The first-order chi connectivity index (χ1) is 10.4. The molecule has 120 valence electrons. The van der Waals surface area contributed by atoms with Gasteiger partial charge in [-0.1, -0.05) is 11.8 Å². The lowest BCUT2D eigenvalue weighted by molar-refractivity contribution is -0.0249. The number of aliphatic hydroxyl groups is 2. The van der Waals surface area contributed by atoms with Crippen LogP contribution in [0.15, 0.2) is 11.4 Å². The van der Waals surface area contributed by atoms with Gasteiger partial charge in [0.2, 0.25) is 5.16 Å². The first-order valence-corrected chi connectivity index (χ1v) is 7.81. The molecule has 0 radical (unpaired) electrons. The minimum atomic E-state index is -2.09. The van der Waals surface area contributed by atoms with Crippen molar-refractivity contribution in [3.05, 3.63) is 11.9 Å². The predicted molar refractivity (Wildman–Crippen MR) is 77.2 cm³/mol. The van der Waals surface area contributed by atoms with Crippen LogP contribution < -0.4 is 5.73 Å². The van der Waals surface area contributed by atoms with Gasteiger partial charge in [0.1, 0.15) is 18.3 Å². The fraction of sp³-hybridized carbons (Fsp3) is 0.583. The third kappa shape index (κ3) is 2.14. The van der Waals surface area contributed by atoms with Gasteiger partial charge in [-0.25, -0.2) is 18.9 Å². The van der Waals surface area contributed by atoms with E-state index in [2.05, 4.69) is 15.1 Å². The predicted octanol–water partition coefficient (Wildman–Crippen LogP) is -0.0503. The van der Waals surface area contributed by atoms with Crippen molar-refractivity contribution in [3.8, 4) is 0 Å². The maximum Gasteiger partial charge on any atom is 0.209 e. The Balaban J connectivity index is 2.12. The Kier molecular flexibility index (Phi) is 3.71. The Bertz CT molecular complexity index is 709. The minimum Gasteiger partial charge on any atom is -0.394 e. The number of thioether (sulfide) groups is 1. The number of halogens is 1. The van der Waals surface area contributed by atoms with Gasteiger partial charge in [0.25, 0.3) is 0 Å². The summed E-state index contributed by atoms with van der Waals surface area (Å²) >= 11 is 1.28. The van der Waals surface area contributed by atoms with Gasteiger partial charge in [0, 0.05) is 0 Å². The zero-order valence-electron chi connectivity index (χ0n) is 12.0. The van der Waals surface area contributed by atoms with Crippen LogP contribution in [-0.2, 0) is 4.74 Å². The van der Waals surface area contributed by atoms with Crippen LogP contribution in [-0.4, -0.2) is 60.5 Å². The highest BCUT2D eigenvalue weighted by molar-refractivity contribution is 7.98. The van der Waals surface area contributed by atoms with Crippen molar-refractivity contribution in [2.75, 3.05) is 18.6 Å². The van der Waals surface area contributed by atoms with Crippen molar-refractivity contribution in [2.45, 2.75) is 36.1 Å². The van der Waals surface area contributed by atoms with E-state index in [0.717, 1.165) is 0 Å². The zero-order valence-corrected chi connectivity index (χ0v) is 12.8. The van der Waals surface area contributed by atoms with Crippen molar-refractivity contribution in [3.63, 3.8) is 0 Å². The summed E-state index contributed by atoms with van der Waals surface area (Å²) < 4.78 is 21.7. The van der Waals surface area contributed by atoms with Gasteiger partial charge in [-0.05, 0) is 13.2 Å². The Morgan fingerprint density at radius 2 is 2.32 bits per heavy atom. The van der Waals surface area contributed by atoms with Gasteiger partial charge in [0.15, 0.2) is 17.1 Å². The molecule has 2 aromatic heterocycles. The van der Waals surface area contributed by atoms with Crippen LogP contribution in [0.25, 0.3) is 5.65 Å². The molecule has 22 heavy (non-hydrogen) atoms. The summed E-state index contributed by atoms with van der Waals surface area (Å²) in [6, 6.07) is 0. The molecule has 1 aliphatic rings. The molecule has 4 atom stereocenters. The Labute approximate surface area is 129 Å². The number of ether oxygens (including phenoxy) is 1. The second-order valence-corrected chi connectivity index (χ2v) is 6.01. The Morgan fingerprint density at radius 3 is 2.91 bits per heavy atom. The maximum absolute atomic E-state index is 14.9. The molecule has 3 rings (SSSR count). The standard InChI is InChI=1S/C12H16FN5O3S/c1-12(13)7(20)6(4-19)21-8(12)5-3-15-10-9(14)16-11(22-2)17-18(5)10/h3,6-8,19-20H,4H2,1-2H3,(H2,14,16,17). The van der Waals surface area contributed by atoms with Gasteiger partial charge in [0.05, 0.1) is 18.5 Å². The van der Waals surface area contributed by atoms with Crippen molar-refractivity contribution < 1.29 is 19.3 Å². The lowest BCUT2D eigenvalue weighted by Crippen LogP contribution is -2.39. The van der Waals surface area contributed by atoms with Crippen LogP contribution in [0.5, 0.6) is 0 Å². The summed E-state index contributed by atoms with van der Waals surface area (Å²) in [6.07, 6.45) is -0.413. The fourth-order valence-corrected chi connectivity index (χ4v) is 2.92. The normalized spacial score (nSPS) is 32.0. The molecule has 0 amide bonds. The number of aromatic nitrogens is 4. The van der Waals surface area contributed by atoms with Crippen molar-refractivity contribution in [2.24, 2.45) is 0 Å². The van der Waals surface area contributed by atoms with Crippen molar-refractivity contribution >= 4 is 23.2 Å². The Morgan fingerprint density at radius 1 is 1.59 bits per heavy atom. The summed E-state index contributed by atoms with van der Waals surface area (Å²) in [6.45, 7) is 0.735. The average molecular weight is 329 g/mol. The van der Waals surface area contributed by atoms with Gasteiger partial charge in [-0.3, -0.25) is 0 Å². The number of rotatable bonds is 3. The third-order valence-corrected chi connectivity index (χ3v) is 4.32. The number of nitrogen functional groups attached to an aromatic ring is 1. The second-order valence-electron chi connectivity index (χ2n) is 5.24. The summed E-state index contributed by atoms with van der Waals surface area (Å²) in [5, 5.41) is 23.8. The molecule has 2 aromatic rings. The highest BCUT2D eigenvalue weighted by Crippen LogP contribution is 2.44. The van der Waals surface area contributed by atoms with Gasteiger partial charge < -0.3 is 20.7 Å². The van der Waals surface area contributed by atoms with E-state index in [-0.39, 0.29) is 11.5 Å². The Hall–Kier alpha value is -1.49. The smallest absolute Gasteiger partial charge is 0.209 e. The van der Waals surface area contributed by atoms with Gasteiger partial charge in [-0.2, -0.15) is 0 Å². The van der Waals surface area contributed by atoms with Gasteiger partial charge >= 0.3 is 0 Å². The second kappa shape index (κ2) is 5.30. The first kappa shape index (κ1) is 15.4. The summed E-state index contributed by atoms with van der Waals surface area (Å²) in [7, 11) is 0. The molecule has 4 N–H and O–H groups in total. The van der Waals surface area contributed by atoms with Crippen LogP contribution in [0, 0.1) is 0 Å². The highest BCUT2D eigenvalue weighted by atomic mass is 32.2. The molecule has 0 aromatic carbocycles. The topological polar surface area (TPSA) is 119 Å². The van der Waals surface area contributed by atoms with E-state index in [1.54, 1.807) is 6.26 Å². The van der Waals surface area contributed by atoms with E-state index < -0.39 is 30.6 Å². The number of fused-ring (bicyclic) bond motifs is 1. The number of imidazole rings is 1. The van der Waals surface area contributed by atoms with E-state index in [9.17, 15) is 14.6 Å². The van der Waals surface area contributed by atoms with Crippen molar-refractivity contribution in [1.29, 1.82) is 0 Å². The molecule has 0 bridgehead atoms. The molecule has 0 spiro atoms. The number of nitrogens with two attached hydrogens (primary N) is 1. The number of nitrogens with zero attached hydrogens (tertiary/aromatic N) is 4. The maximum atomic E-state index is 14.9. The quantitative estimate of drug-likeness (QED) is 0.671.